The van der Waals surface area contributed by atoms with Crippen molar-refractivity contribution in [3.8, 4) is 0 Å². The van der Waals surface area contributed by atoms with E-state index in [1.807, 2.05) is 4.90 Å². The topological polar surface area (TPSA) is 81.8 Å². The second-order valence-corrected chi connectivity index (χ2v) is 7.82. The number of benzene rings is 2. The number of rotatable bonds is 6. The summed E-state index contributed by atoms with van der Waals surface area (Å²) >= 11 is 5.97. The van der Waals surface area contributed by atoms with Crippen molar-refractivity contribution in [1.82, 2.24) is 15.1 Å². The first-order valence-electron chi connectivity index (χ1n) is 10.1. The van der Waals surface area contributed by atoms with Gasteiger partial charge in [-0.2, -0.15) is 0 Å². The molecule has 0 bridgehead atoms. The van der Waals surface area contributed by atoms with Crippen LogP contribution < -0.4 is 10.6 Å². The van der Waals surface area contributed by atoms with E-state index in [9.17, 15) is 23.2 Å². The SMILES string of the molecule is O=C(CN1CCCN(C(=O)c2cccc(Cl)c2)CC1)NCC(=O)Nc1ccc(F)c(F)c1. The Morgan fingerprint density at radius 2 is 1.75 bits per heavy atom. The molecule has 3 rings (SSSR count). The molecule has 1 aliphatic rings. The number of hydrogen-bond acceptors (Lipinski definition) is 4. The molecule has 0 saturated carbocycles. The molecule has 170 valence electrons. The van der Waals surface area contributed by atoms with Crippen LogP contribution in [0.5, 0.6) is 0 Å². The summed E-state index contributed by atoms with van der Waals surface area (Å²) in [5.74, 6) is -3.09. The van der Waals surface area contributed by atoms with Gasteiger partial charge in [0.05, 0.1) is 13.1 Å². The molecule has 3 amide bonds. The highest BCUT2D eigenvalue weighted by atomic mass is 35.5. The van der Waals surface area contributed by atoms with Crippen molar-refractivity contribution in [2.24, 2.45) is 0 Å². The summed E-state index contributed by atoms with van der Waals surface area (Å²) in [4.78, 5) is 40.5. The molecule has 10 heteroatoms. The Kier molecular flexibility index (Phi) is 8.13. The molecule has 1 heterocycles. The van der Waals surface area contributed by atoms with Gasteiger partial charge in [-0.05, 0) is 36.8 Å². The van der Waals surface area contributed by atoms with Gasteiger partial charge in [0.1, 0.15) is 0 Å². The van der Waals surface area contributed by atoms with Gasteiger partial charge in [0.25, 0.3) is 5.91 Å². The smallest absolute Gasteiger partial charge is 0.253 e. The molecule has 1 saturated heterocycles. The third kappa shape index (κ3) is 6.73. The Morgan fingerprint density at radius 3 is 2.50 bits per heavy atom. The van der Waals surface area contributed by atoms with Gasteiger partial charge in [-0.3, -0.25) is 19.3 Å². The van der Waals surface area contributed by atoms with Gasteiger partial charge >= 0.3 is 0 Å². The van der Waals surface area contributed by atoms with Crippen molar-refractivity contribution >= 4 is 35.0 Å². The molecular weight excluding hydrogens is 442 g/mol. The molecule has 1 fully saturated rings. The van der Waals surface area contributed by atoms with Crippen LogP contribution in [-0.4, -0.2) is 66.8 Å². The quantitative estimate of drug-likeness (QED) is 0.688. The number of nitrogens with one attached hydrogen (secondary N) is 2. The molecule has 2 aromatic rings. The van der Waals surface area contributed by atoms with Crippen molar-refractivity contribution in [2.45, 2.75) is 6.42 Å². The molecule has 0 aliphatic carbocycles. The summed E-state index contributed by atoms with van der Waals surface area (Å²) in [6.07, 6.45) is 0.705. The molecule has 0 aromatic heterocycles. The minimum absolute atomic E-state index is 0.0810. The Balaban J connectivity index is 1.43. The standard InChI is InChI=1S/C22H23ClF2N4O3/c23-16-4-1-3-15(11-16)22(32)29-8-2-7-28(9-10-29)14-21(31)26-13-20(30)27-17-5-6-18(24)19(25)12-17/h1,3-6,11-12H,2,7-10,13-14H2,(H,26,31)(H,27,30). The van der Waals surface area contributed by atoms with Gasteiger partial charge in [0.15, 0.2) is 11.6 Å². The van der Waals surface area contributed by atoms with Gasteiger partial charge in [-0.25, -0.2) is 8.78 Å². The zero-order chi connectivity index (χ0) is 23.1. The van der Waals surface area contributed by atoms with Gasteiger partial charge < -0.3 is 15.5 Å². The zero-order valence-corrected chi connectivity index (χ0v) is 18.0. The first-order valence-corrected chi connectivity index (χ1v) is 10.5. The summed E-state index contributed by atoms with van der Waals surface area (Å²) < 4.78 is 26.1. The average molecular weight is 465 g/mol. The largest absolute Gasteiger partial charge is 0.346 e. The Bertz CT molecular complexity index is 1000. The lowest BCUT2D eigenvalue weighted by atomic mass is 10.2. The van der Waals surface area contributed by atoms with Crippen molar-refractivity contribution in [1.29, 1.82) is 0 Å². The fraction of sp³-hybridized carbons (Fsp3) is 0.318. The molecule has 0 radical (unpaired) electrons. The third-order valence-corrected chi connectivity index (χ3v) is 5.20. The number of anilines is 1. The molecule has 0 unspecified atom stereocenters. The summed E-state index contributed by atoms with van der Waals surface area (Å²) in [6, 6.07) is 9.78. The molecule has 0 atom stereocenters. The van der Waals surface area contributed by atoms with Crippen molar-refractivity contribution < 1.29 is 23.2 Å². The van der Waals surface area contributed by atoms with Crippen molar-refractivity contribution in [2.75, 3.05) is 44.6 Å². The van der Waals surface area contributed by atoms with Crippen LogP contribution in [0.2, 0.25) is 5.02 Å². The summed E-state index contributed by atoms with van der Waals surface area (Å²) in [7, 11) is 0. The van der Waals surface area contributed by atoms with Crippen LogP contribution in [0.15, 0.2) is 42.5 Å². The maximum absolute atomic E-state index is 13.2. The van der Waals surface area contributed by atoms with Crippen LogP contribution in [0.25, 0.3) is 0 Å². The summed E-state index contributed by atoms with van der Waals surface area (Å²) in [5.41, 5.74) is 0.621. The molecule has 32 heavy (non-hydrogen) atoms. The Labute approximate surface area is 189 Å². The van der Waals surface area contributed by atoms with E-state index in [0.717, 1.165) is 12.1 Å². The molecular formula is C22H23ClF2N4O3. The maximum Gasteiger partial charge on any atom is 0.253 e. The number of carbonyl (C=O) groups excluding carboxylic acids is 3. The molecule has 1 aliphatic heterocycles. The molecule has 7 nitrogen and oxygen atoms in total. The lowest BCUT2D eigenvalue weighted by molar-refractivity contribution is -0.125. The fourth-order valence-electron chi connectivity index (χ4n) is 3.35. The van der Waals surface area contributed by atoms with E-state index in [1.54, 1.807) is 29.2 Å². The van der Waals surface area contributed by atoms with Crippen LogP contribution in [0.4, 0.5) is 14.5 Å². The number of hydrogen-bond donors (Lipinski definition) is 2. The van der Waals surface area contributed by atoms with Gasteiger partial charge in [-0.1, -0.05) is 17.7 Å². The third-order valence-electron chi connectivity index (χ3n) is 4.96. The molecule has 2 aromatic carbocycles. The van der Waals surface area contributed by atoms with Crippen LogP contribution in [0, 0.1) is 11.6 Å². The lowest BCUT2D eigenvalue weighted by Gasteiger charge is -2.22. The highest BCUT2D eigenvalue weighted by molar-refractivity contribution is 6.30. The van der Waals surface area contributed by atoms with E-state index < -0.39 is 17.5 Å². The number of carbonyl (C=O) groups is 3. The minimum atomic E-state index is -1.07. The Hall–Kier alpha value is -3.04. The summed E-state index contributed by atoms with van der Waals surface area (Å²) in [6.45, 7) is 1.96. The monoisotopic (exact) mass is 464 g/mol. The van der Waals surface area contributed by atoms with Crippen molar-refractivity contribution in [3.05, 3.63) is 64.7 Å². The second-order valence-electron chi connectivity index (χ2n) is 7.39. The number of halogens is 3. The number of amides is 3. The van der Waals surface area contributed by atoms with Crippen LogP contribution in [0.1, 0.15) is 16.8 Å². The van der Waals surface area contributed by atoms with Crippen LogP contribution >= 0.6 is 11.6 Å². The minimum Gasteiger partial charge on any atom is -0.346 e. The van der Waals surface area contributed by atoms with Gasteiger partial charge in [0, 0.05) is 48.5 Å². The fourth-order valence-corrected chi connectivity index (χ4v) is 3.54. The van der Waals surface area contributed by atoms with E-state index in [2.05, 4.69) is 10.6 Å². The van der Waals surface area contributed by atoms with E-state index in [-0.39, 0.29) is 30.6 Å². The predicted molar refractivity (Wildman–Crippen MR) is 116 cm³/mol. The van der Waals surface area contributed by atoms with Gasteiger partial charge in [-0.15, -0.1) is 0 Å². The predicted octanol–water partition coefficient (Wildman–Crippen LogP) is 2.52. The highest BCUT2D eigenvalue weighted by Gasteiger charge is 2.21. The van der Waals surface area contributed by atoms with E-state index in [0.29, 0.717) is 43.2 Å². The average Bonchev–Trinajstić information content (AvgIpc) is 3.00. The number of nitrogens with zero attached hydrogens (tertiary/aromatic N) is 2. The molecule has 2 N–H and O–H groups in total. The zero-order valence-electron chi connectivity index (χ0n) is 17.2. The second kappa shape index (κ2) is 11.0. The Morgan fingerprint density at radius 1 is 0.938 bits per heavy atom. The molecule has 0 spiro atoms. The van der Waals surface area contributed by atoms with E-state index in [4.69, 9.17) is 11.6 Å². The first-order chi connectivity index (χ1) is 15.3. The van der Waals surface area contributed by atoms with Crippen molar-refractivity contribution in [3.63, 3.8) is 0 Å². The van der Waals surface area contributed by atoms with Gasteiger partial charge in [0.2, 0.25) is 11.8 Å². The highest BCUT2D eigenvalue weighted by Crippen LogP contribution is 2.15. The van der Waals surface area contributed by atoms with E-state index in [1.165, 1.54) is 6.07 Å². The normalized spacial score (nSPS) is 14.5. The summed E-state index contributed by atoms with van der Waals surface area (Å²) in [5, 5.41) is 5.39. The maximum atomic E-state index is 13.2. The lowest BCUT2D eigenvalue weighted by Crippen LogP contribution is -2.42. The van der Waals surface area contributed by atoms with Crippen LogP contribution in [0.3, 0.4) is 0 Å². The first kappa shape index (κ1) is 23.6. The van der Waals surface area contributed by atoms with Crippen LogP contribution in [-0.2, 0) is 9.59 Å². The van der Waals surface area contributed by atoms with E-state index >= 15 is 0 Å².